The summed E-state index contributed by atoms with van der Waals surface area (Å²) in [5, 5.41) is 7.35. The van der Waals surface area contributed by atoms with Crippen molar-refractivity contribution in [3.8, 4) is 5.69 Å². The van der Waals surface area contributed by atoms with Crippen molar-refractivity contribution in [1.29, 1.82) is 0 Å². The Morgan fingerprint density at radius 1 is 1.09 bits per heavy atom. The van der Waals surface area contributed by atoms with Crippen molar-refractivity contribution in [3.63, 3.8) is 0 Å². The number of benzene rings is 2. The number of nitrogens with one attached hydrogen (secondary N) is 1. The molecule has 2 aromatic carbocycles. The zero-order chi connectivity index (χ0) is 24.4. The summed E-state index contributed by atoms with van der Waals surface area (Å²) in [4.78, 5) is 45.0. The summed E-state index contributed by atoms with van der Waals surface area (Å²) in [6.07, 6.45) is 4.11. The molecule has 0 saturated heterocycles. The summed E-state index contributed by atoms with van der Waals surface area (Å²) in [5.74, 6) is -0.958. The van der Waals surface area contributed by atoms with Gasteiger partial charge in [-0.25, -0.2) is 9.67 Å². The van der Waals surface area contributed by atoms with Gasteiger partial charge in [0.25, 0.3) is 5.91 Å². The highest BCUT2D eigenvalue weighted by Gasteiger charge is 2.34. The van der Waals surface area contributed by atoms with Crippen LogP contribution >= 0.6 is 11.3 Å². The average Bonchev–Trinajstić information content (AvgIpc) is 3.55. The predicted molar refractivity (Wildman–Crippen MR) is 133 cm³/mol. The Morgan fingerprint density at radius 3 is 2.57 bits per heavy atom. The van der Waals surface area contributed by atoms with E-state index in [2.05, 4.69) is 15.4 Å². The van der Waals surface area contributed by atoms with Crippen LogP contribution < -0.4 is 5.32 Å². The highest BCUT2D eigenvalue weighted by Crippen LogP contribution is 2.33. The maximum Gasteiger partial charge on any atom is 0.257 e. The van der Waals surface area contributed by atoms with Crippen molar-refractivity contribution in [2.45, 2.75) is 19.4 Å². The van der Waals surface area contributed by atoms with Crippen LogP contribution in [0.3, 0.4) is 0 Å². The molecule has 35 heavy (non-hydrogen) atoms. The first-order chi connectivity index (χ1) is 17.0. The van der Waals surface area contributed by atoms with Crippen molar-refractivity contribution in [2.75, 3.05) is 12.4 Å². The lowest BCUT2D eigenvalue weighted by Crippen LogP contribution is -2.36. The van der Waals surface area contributed by atoms with Gasteiger partial charge in [-0.15, -0.1) is 0 Å². The van der Waals surface area contributed by atoms with Gasteiger partial charge in [0.1, 0.15) is 0 Å². The standard InChI is InChI=1S/C26H23N5O3S/c1-30(16-17-8-10-20(11-9-17)31-13-5-12-27-31)25(34)19-14-21-23(22(32)15-19)35-26(28-21)29-24(33)18-6-3-2-4-7-18/h2-13,19H,14-16H2,1H3,(H,28,29,33). The van der Waals surface area contributed by atoms with Gasteiger partial charge >= 0.3 is 0 Å². The minimum atomic E-state index is -0.469. The van der Waals surface area contributed by atoms with E-state index >= 15 is 0 Å². The molecule has 1 aliphatic carbocycles. The fourth-order valence-electron chi connectivity index (χ4n) is 4.16. The van der Waals surface area contributed by atoms with Crippen LogP contribution in [0.1, 0.15) is 37.7 Å². The Morgan fingerprint density at radius 2 is 1.86 bits per heavy atom. The monoisotopic (exact) mass is 485 g/mol. The summed E-state index contributed by atoms with van der Waals surface area (Å²) < 4.78 is 1.77. The van der Waals surface area contributed by atoms with Crippen LogP contribution in [0.5, 0.6) is 0 Å². The van der Waals surface area contributed by atoms with Gasteiger partial charge in [0.15, 0.2) is 10.9 Å². The van der Waals surface area contributed by atoms with E-state index in [9.17, 15) is 14.4 Å². The summed E-state index contributed by atoms with van der Waals surface area (Å²) >= 11 is 1.17. The first-order valence-electron chi connectivity index (χ1n) is 11.2. The Hall–Kier alpha value is -4.11. The average molecular weight is 486 g/mol. The Labute approximate surface area is 206 Å². The van der Waals surface area contributed by atoms with E-state index in [0.29, 0.717) is 34.2 Å². The Balaban J connectivity index is 1.23. The minimum Gasteiger partial charge on any atom is -0.341 e. The van der Waals surface area contributed by atoms with E-state index in [1.807, 2.05) is 42.6 Å². The van der Waals surface area contributed by atoms with Gasteiger partial charge in [0, 0.05) is 44.4 Å². The minimum absolute atomic E-state index is 0.0944. The number of thiazole rings is 1. The highest BCUT2D eigenvalue weighted by atomic mass is 32.1. The molecule has 0 spiro atoms. The number of carbonyl (C=O) groups excluding carboxylic acids is 3. The van der Waals surface area contributed by atoms with E-state index in [1.165, 1.54) is 11.3 Å². The number of fused-ring (bicyclic) bond motifs is 1. The smallest absolute Gasteiger partial charge is 0.257 e. The van der Waals surface area contributed by atoms with E-state index in [4.69, 9.17) is 0 Å². The number of carbonyl (C=O) groups is 3. The molecule has 9 heteroatoms. The number of hydrogen-bond acceptors (Lipinski definition) is 6. The first kappa shape index (κ1) is 22.7. The third kappa shape index (κ3) is 4.90. The van der Waals surface area contributed by atoms with Crippen molar-refractivity contribution in [1.82, 2.24) is 19.7 Å². The lowest BCUT2D eigenvalue weighted by molar-refractivity contribution is -0.134. The summed E-state index contributed by atoms with van der Waals surface area (Å²) in [5.41, 5.74) is 3.01. The largest absolute Gasteiger partial charge is 0.341 e. The van der Waals surface area contributed by atoms with Gasteiger partial charge < -0.3 is 4.90 Å². The topological polar surface area (TPSA) is 97.2 Å². The molecular formula is C26H23N5O3S. The Bertz CT molecular complexity index is 1360. The zero-order valence-electron chi connectivity index (χ0n) is 19.0. The van der Waals surface area contributed by atoms with Crippen molar-refractivity contribution in [2.24, 2.45) is 5.92 Å². The first-order valence-corrected chi connectivity index (χ1v) is 12.0. The van der Waals surface area contributed by atoms with Gasteiger partial charge in [0.05, 0.1) is 22.2 Å². The highest BCUT2D eigenvalue weighted by molar-refractivity contribution is 7.17. The SMILES string of the molecule is CN(Cc1ccc(-n2cccn2)cc1)C(=O)C1CC(=O)c2sc(NC(=O)c3ccccc3)nc2C1. The number of Topliss-reactive ketones (excluding diaryl/α,β-unsaturated/α-hetero) is 1. The summed E-state index contributed by atoms with van der Waals surface area (Å²) in [6, 6.07) is 18.5. The number of rotatable bonds is 6. The molecule has 2 amide bonds. The second-order valence-electron chi connectivity index (χ2n) is 8.45. The van der Waals surface area contributed by atoms with E-state index in [1.54, 1.807) is 47.1 Å². The third-order valence-electron chi connectivity index (χ3n) is 5.93. The fourth-order valence-corrected chi connectivity index (χ4v) is 5.09. The van der Waals surface area contributed by atoms with Crippen LogP contribution in [0.15, 0.2) is 73.1 Å². The van der Waals surface area contributed by atoms with Crippen molar-refractivity contribution in [3.05, 3.63) is 94.8 Å². The summed E-state index contributed by atoms with van der Waals surface area (Å²) in [7, 11) is 1.75. The number of aromatic nitrogens is 3. The van der Waals surface area contributed by atoms with Crippen LogP contribution in [0.25, 0.3) is 5.69 Å². The van der Waals surface area contributed by atoms with Crippen molar-refractivity contribution < 1.29 is 14.4 Å². The maximum atomic E-state index is 13.1. The van der Waals surface area contributed by atoms with Gasteiger partial charge in [-0.2, -0.15) is 5.10 Å². The molecule has 1 aliphatic rings. The van der Waals surface area contributed by atoms with Crippen LogP contribution in [0, 0.1) is 5.92 Å². The van der Waals surface area contributed by atoms with Gasteiger partial charge in [-0.1, -0.05) is 41.7 Å². The predicted octanol–water partition coefficient (Wildman–Crippen LogP) is 3.98. The number of hydrogen-bond donors (Lipinski definition) is 1. The molecule has 5 rings (SSSR count). The molecule has 2 aromatic heterocycles. The quantitative estimate of drug-likeness (QED) is 0.446. The number of amides is 2. The Kier molecular flexibility index (Phi) is 6.24. The molecule has 4 aromatic rings. The second-order valence-corrected chi connectivity index (χ2v) is 9.45. The van der Waals surface area contributed by atoms with Crippen molar-refractivity contribution >= 4 is 34.1 Å². The molecule has 1 N–H and O–H groups in total. The zero-order valence-corrected chi connectivity index (χ0v) is 19.9. The number of ketones is 1. The lowest BCUT2D eigenvalue weighted by Gasteiger charge is -2.25. The molecule has 2 heterocycles. The van der Waals surface area contributed by atoms with Crippen LogP contribution in [-0.4, -0.2) is 44.3 Å². The normalized spacial score (nSPS) is 14.9. The van der Waals surface area contributed by atoms with E-state index < -0.39 is 5.92 Å². The van der Waals surface area contributed by atoms with Crippen LogP contribution in [-0.2, 0) is 17.8 Å². The molecule has 0 radical (unpaired) electrons. The lowest BCUT2D eigenvalue weighted by atomic mass is 9.89. The number of anilines is 1. The van der Waals surface area contributed by atoms with Gasteiger partial charge in [-0.05, 0) is 35.9 Å². The molecule has 0 bridgehead atoms. The van der Waals surface area contributed by atoms with Crippen LogP contribution in [0.2, 0.25) is 0 Å². The molecule has 1 atom stereocenters. The van der Waals surface area contributed by atoms with E-state index in [0.717, 1.165) is 11.3 Å². The molecule has 8 nitrogen and oxygen atoms in total. The van der Waals surface area contributed by atoms with Crippen LogP contribution in [0.4, 0.5) is 5.13 Å². The molecule has 176 valence electrons. The third-order valence-corrected chi connectivity index (χ3v) is 6.98. The second kappa shape index (κ2) is 9.63. The summed E-state index contributed by atoms with van der Waals surface area (Å²) in [6.45, 7) is 0.436. The molecule has 0 saturated carbocycles. The van der Waals surface area contributed by atoms with Gasteiger partial charge in [0.2, 0.25) is 5.91 Å². The van der Waals surface area contributed by atoms with Gasteiger partial charge in [-0.3, -0.25) is 19.7 Å². The molecule has 0 aliphatic heterocycles. The van der Waals surface area contributed by atoms with E-state index in [-0.39, 0.29) is 24.0 Å². The number of nitrogens with zero attached hydrogens (tertiary/aromatic N) is 4. The molecular weight excluding hydrogens is 462 g/mol. The fraction of sp³-hybridized carbons (Fsp3) is 0.192. The molecule has 1 unspecified atom stereocenters. The molecule has 0 fully saturated rings. The maximum absolute atomic E-state index is 13.1.